The lowest BCUT2D eigenvalue weighted by molar-refractivity contribution is -0.193. The van der Waals surface area contributed by atoms with Gasteiger partial charge in [-0.3, -0.25) is 9.88 Å². The molecule has 0 aromatic carbocycles. The largest absolute Gasteiger partial charge is 0.490 e. The van der Waals surface area contributed by atoms with Gasteiger partial charge in [0.05, 0.1) is 19.3 Å². The molecule has 2 atom stereocenters. The topological polar surface area (TPSA) is 150 Å². The fourth-order valence-corrected chi connectivity index (χ4v) is 3.52. The minimum Gasteiger partial charge on any atom is -0.475 e. The normalized spacial score (nSPS) is 20.9. The van der Waals surface area contributed by atoms with E-state index < -0.39 is 36.4 Å². The van der Waals surface area contributed by atoms with Crippen molar-refractivity contribution in [3.63, 3.8) is 0 Å². The van der Waals surface area contributed by atoms with Gasteiger partial charge in [0, 0.05) is 38.6 Å². The second-order valence-corrected chi connectivity index (χ2v) is 9.25. The Bertz CT molecular complexity index is 951. The average Bonchev–Trinajstić information content (AvgIpc) is 3.11. The molecule has 0 saturated carbocycles. The third-order valence-corrected chi connectivity index (χ3v) is 5.22. The van der Waals surface area contributed by atoms with Gasteiger partial charge in [-0.15, -0.1) is 0 Å². The van der Waals surface area contributed by atoms with Gasteiger partial charge in [-0.25, -0.2) is 14.4 Å². The van der Waals surface area contributed by atoms with Crippen LogP contribution in [0.25, 0.3) is 0 Å². The van der Waals surface area contributed by atoms with E-state index in [9.17, 15) is 39.5 Å². The van der Waals surface area contributed by atoms with Crippen molar-refractivity contribution in [3.8, 4) is 0 Å². The summed E-state index contributed by atoms with van der Waals surface area (Å²) in [4.78, 5) is 35.4. The molecule has 2 saturated heterocycles. The van der Waals surface area contributed by atoms with Crippen LogP contribution >= 0.6 is 0 Å². The van der Waals surface area contributed by atoms with Crippen LogP contribution in [0.2, 0.25) is 0 Å². The molecule has 3 N–H and O–H groups in total. The van der Waals surface area contributed by atoms with E-state index in [1.54, 1.807) is 0 Å². The summed E-state index contributed by atoms with van der Waals surface area (Å²) < 4.78 is 107. The number of aliphatic carboxylic acids is 3. The number of carboxylic acids is 3. The Hall–Kier alpha value is -3.23. The molecule has 0 aliphatic carbocycles. The van der Waals surface area contributed by atoms with Crippen LogP contribution in [0.4, 0.5) is 39.5 Å². The van der Waals surface area contributed by atoms with Crippen molar-refractivity contribution in [2.75, 3.05) is 46.9 Å². The van der Waals surface area contributed by atoms with Crippen LogP contribution in [0.3, 0.4) is 0 Å². The Labute approximate surface area is 238 Å². The first-order valence-corrected chi connectivity index (χ1v) is 11.9. The molecule has 2 unspecified atom stereocenters. The highest BCUT2D eigenvalue weighted by Gasteiger charge is 2.43. The van der Waals surface area contributed by atoms with Crippen LogP contribution in [0.5, 0.6) is 0 Å². The van der Waals surface area contributed by atoms with Crippen molar-refractivity contribution < 1.29 is 78.7 Å². The number of pyridine rings is 1. The number of aromatic nitrogens is 1. The van der Waals surface area contributed by atoms with Crippen LogP contribution in [-0.2, 0) is 30.4 Å². The molecule has 11 nitrogen and oxygen atoms in total. The molecular formula is C23H30F9N3O8. The molecule has 2 aliphatic heterocycles. The van der Waals surface area contributed by atoms with E-state index in [2.05, 4.69) is 41.0 Å². The van der Waals surface area contributed by atoms with Crippen LogP contribution in [0, 0.1) is 0 Å². The van der Waals surface area contributed by atoms with Crippen molar-refractivity contribution in [2.24, 2.45) is 0 Å². The molecule has 3 heterocycles. The lowest BCUT2D eigenvalue weighted by Gasteiger charge is -2.32. The number of rotatable bonds is 4. The molecule has 3 rings (SSSR count). The second-order valence-electron chi connectivity index (χ2n) is 9.25. The van der Waals surface area contributed by atoms with E-state index in [0.29, 0.717) is 6.10 Å². The zero-order chi connectivity index (χ0) is 33.6. The van der Waals surface area contributed by atoms with E-state index >= 15 is 0 Å². The van der Waals surface area contributed by atoms with Gasteiger partial charge in [-0.05, 0) is 44.6 Å². The zero-order valence-electron chi connectivity index (χ0n) is 22.7. The quantitative estimate of drug-likeness (QED) is 0.414. The highest BCUT2D eigenvalue weighted by atomic mass is 19.4. The molecule has 1 spiro atoms. The minimum absolute atomic E-state index is 0.121. The van der Waals surface area contributed by atoms with Gasteiger partial charge in [-0.2, -0.15) is 39.5 Å². The maximum Gasteiger partial charge on any atom is 0.490 e. The summed E-state index contributed by atoms with van der Waals surface area (Å²) in [5.41, 5.74) is 1.18. The molecule has 20 heteroatoms. The lowest BCUT2D eigenvalue weighted by atomic mass is 10.00. The third kappa shape index (κ3) is 17.5. The molecule has 0 bridgehead atoms. The number of carbonyl (C=O) groups is 3. The zero-order valence-corrected chi connectivity index (χ0v) is 22.7. The number of hydrogen-bond donors (Lipinski definition) is 3. The van der Waals surface area contributed by atoms with E-state index in [0.717, 1.165) is 52.2 Å². The van der Waals surface area contributed by atoms with Crippen molar-refractivity contribution >= 4 is 17.9 Å². The summed E-state index contributed by atoms with van der Waals surface area (Å²) in [6, 6.07) is 4.17. The maximum atomic E-state index is 10.6. The number of nitrogens with zero attached hydrogens (tertiary/aromatic N) is 3. The molecule has 43 heavy (non-hydrogen) atoms. The third-order valence-electron chi connectivity index (χ3n) is 5.22. The van der Waals surface area contributed by atoms with Crippen molar-refractivity contribution in [3.05, 3.63) is 30.1 Å². The lowest BCUT2D eigenvalue weighted by Crippen LogP contribution is -2.45. The standard InChI is InChI=1S/C17H27N3O2.3C2HF3O2/c1-19(2)12-16-3-6-17(22-16)13-20(9-10-21-14-17)11-15-4-7-18-8-5-15;3*3-2(4,5)1(6)7/h4-5,7-8,16H,3,6,9-14H2,1-2H3;3*(H,6,7). The molecule has 0 amide bonds. The minimum atomic E-state index is -5.08. The number of likely N-dealkylation sites (N-methyl/N-ethyl adjacent to an activating group) is 1. The van der Waals surface area contributed by atoms with Crippen molar-refractivity contribution in [1.82, 2.24) is 14.8 Å². The molecule has 0 radical (unpaired) electrons. The highest BCUT2D eigenvalue weighted by Crippen LogP contribution is 2.33. The Morgan fingerprint density at radius 2 is 1.37 bits per heavy atom. The van der Waals surface area contributed by atoms with Crippen molar-refractivity contribution in [2.45, 2.75) is 49.6 Å². The number of ether oxygens (including phenoxy) is 2. The van der Waals surface area contributed by atoms with E-state index in [4.69, 9.17) is 39.2 Å². The Kier molecular flexibility index (Phi) is 15.9. The first-order valence-electron chi connectivity index (χ1n) is 11.9. The summed E-state index contributed by atoms with van der Waals surface area (Å²) in [7, 11) is 4.21. The smallest absolute Gasteiger partial charge is 0.475 e. The number of halogens is 9. The number of carboxylic acid groups (broad SMARTS) is 3. The Balaban J connectivity index is 0.000000690. The van der Waals surface area contributed by atoms with E-state index in [1.807, 2.05) is 12.4 Å². The summed E-state index contributed by atoms with van der Waals surface area (Å²) in [5, 5.41) is 21.4. The first kappa shape index (κ1) is 39.8. The van der Waals surface area contributed by atoms with Gasteiger partial charge in [-0.1, -0.05) is 0 Å². The monoisotopic (exact) mass is 647 g/mol. The summed E-state index contributed by atoms with van der Waals surface area (Å²) in [5.74, 6) is -8.27. The number of alkyl halides is 9. The molecule has 1 aromatic heterocycles. The van der Waals surface area contributed by atoms with E-state index in [-0.39, 0.29) is 5.60 Å². The molecule has 1 aromatic rings. The summed E-state index contributed by atoms with van der Waals surface area (Å²) >= 11 is 0. The van der Waals surface area contributed by atoms with Crippen LogP contribution in [0.1, 0.15) is 18.4 Å². The molecule has 2 aliphatic rings. The van der Waals surface area contributed by atoms with Crippen molar-refractivity contribution in [1.29, 1.82) is 0 Å². The molecular weight excluding hydrogens is 617 g/mol. The average molecular weight is 647 g/mol. The van der Waals surface area contributed by atoms with Gasteiger partial charge in [0.2, 0.25) is 0 Å². The molecule has 248 valence electrons. The van der Waals surface area contributed by atoms with Gasteiger partial charge in [0.1, 0.15) is 5.60 Å². The maximum absolute atomic E-state index is 10.6. The number of hydrogen-bond acceptors (Lipinski definition) is 8. The van der Waals surface area contributed by atoms with Crippen LogP contribution < -0.4 is 0 Å². The Morgan fingerprint density at radius 3 is 1.77 bits per heavy atom. The predicted octanol–water partition coefficient (Wildman–Crippen LogP) is 3.29. The first-order chi connectivity index (χ1) is 19.5. The Morgan fingerprint density at radius 1 is 0.930 bits per heavy atom. The van der Waals surface area contributed by atoms with Gasteiger partial charge in [0.25, 0.3) is 0 Å². The van der Waals surface area contributed by atoms with Gasteiger partial charge in [0.15, 0.2) is 0 Å². The van der Waals surface area contributed by atoms with Crippen LogP contribution in [0.15, 0.2) is 24.5 Å². The highest BCUT2D eigenvalue weighted by molar-refractivity contribution is 5.73. The van der Waals surface area contributed by atoms with Gasteiger partial charge >= 0.3 is 36.4 Å². The van der Waals surface area contributed by atoms with E-state index in [1.165, 1.54) is 5.56 Å². The second kappa shape index (κ2) is 17.2. The SMILES string of the molecule is CN(C)CC1CCC2(COCCN(Cc3ccncc3)C2)O1.O=C(O)C(F)(F)F.O=C(O)C(F)(F)F.O=C(O)C(F)(F)F. The summed E-state index contributed by atoms with van der Waals surface area (Å²) in [6.45, 7) is 5.37. The summed E-state index contributed by atoms with van der Waals surface area (Å²) in [6.07, 6.45) is -8.97. The fraction of sp³-hybridized carbons (Fsp3) is 0.652. The van der Waals surface area contributed by atoms with Gasteiger partial charge < -0.3 is 29.7 Å². The van der Waals surface area contributed by atoms with Crippen LogP contribution in [-0.4, -0.2) is 125 Å². The fourth-order valence-electron chi connectivity index (χ4n) is 3.52. The molecule has 2 fully saturated rings. The predicted molar refractivity (Wildman–Crippen MR) is 127 cm³/mol.